The maximum absolute atomic E-state index is 10.8. The average Bonchev–Trinajstić information content (AvgIpc) is 2.48. The lowest BCUT2D eigenvalue weighted by atomic mass is 10.5. The zero-order valence-corrected chi connectivity index (χ0v) is 7.38. The summed E-state index contributed by atoms with van der Waals surface area (Å²) in [5.41, 5.74) is -1.36. The fraction of sp³-hybridized carbons (Fsp3) is 0. The lowest BCUT2D eigenvalue weighted by Gasteiger charge is -1.84. The van der Waals surface area contributed by atoms with Gasteiger partial charge in [0.15, 0.2) is 0 Å². The summed E-state index contributed by atoms with van der Waals surface area (Å²) in [7, 11) is 0. The number of aromatic nitrogens is 2. The SMILES string of the molecule is O=c1[nH]c2cc([N+](=O)[O-])sc2[nH]c1=O. The second kappa shape index (κ2) is 2.77. The summed E-state index contributed by atoms with van der Waals surface area (Å²) >= 11 is 0.803. The molecule has 0 aliphatic carbocycles. The van der Waals surface area contributed by atoms with Crippen molar-refractivity contribution in [3.63, 3.8) is 0 Å². The van der Waals surface area contributed by atoms with Crippen LogP contribution in [-0.2, 0) is 0 Å². The van der Waals surface area contributed by atoms with Crippen LogP contribution in [-0.4, -0.2) is 14.9 Å². The molecule has 72 valence electrons. The first kappa shape index (κ1) is 8.63. The third-order valence-corrected chi connectivity index (χ3v) is 2.58. The molecule has 2 rings (SSSR count). The first-order valence-corrected chi connectivity index (χ1v) is 4.30. The minimum absolute atomic E-state index is 0.127. The van der Waals surface area contributed by atoms with Gasteiger partial charge < -0.3 is 9.97 Å². The molecule has 0 aliphatic rings. The third kappa shape index (κ3) is 1.21. The Morgan fingerprint density at radius 3 is 2.57 bits per heavy atom. The van der Waals surface area contributed by atoms with Crippen molar-refractivity contribution in [3.8, 4) is 0 Å². The van der Waals surface area contributed by atoms with Gasteiger partial charge >= 0.3 is 16.1 Å². The number of rotatable bonds is 1. The van der Waals surface area contributed by atoms with Gasteiger partial charge in [0.05, 0.1) is 16.5 Å². The number of H-pyrrole nitrogens is 2. The summed E-state index contributed by atoms with van der Waals surface area (Å²) < 4.78 is 0. The van der Waals surface area contributed by atoms with Crippen LogP contribution in [0, 0.1) is 10.1 Å². The van der Waals surface area contributed by atoms with Crippen molar-refractivity contribution >= 4 is 26.7 Å². The second-order valence-electron chi connectivity index (χ2n) is 2.49. The molecule has 0 saturated heterocycles. The van der Waals surface area contributed by atoms with Crippen molar-refractivity contribution in [2.75, 3.05) is 0 Å². The van der Waals surface area contributed by atoms with Crippen LogP contribution in [0.2, 0.25) is 0 Å². The van der Waals surface area contributed by atoms with Gasteiger partial charge in [-0.1, -0.05) is 0 Å². The zero-order chi connectivity index (χ0) is 10.3. The highest BCUT2D eigenvalue weighted by atomic mass is 32.1. The molecule has 0 fully saturated rings. The fourth-order valence-electron chi connectivity index (χ4n) is 0.993. The highest BCUT2D eigenvalue weighted by Crippen LogP contribution is 2.26. The predicted octanol–water partition coefficient (Wildman–Crippen LogP) is 0.186. The monoisotopic (exact) mass is 213 g/mol. The van der Waals surface area contributed by atoms with Crippen LogP contribution in [0.1, 0.15) is 0 Å². The van der Waals surface area contributed by atoms with Gasteiger partial charge in [-0.2, -0.15) is 0 Å². The smallest absolute Gasteiger partial charge is 0.315 e. The summed E-state index contributed by atoms with van der Waals surface area (Å²) in [6.07, 6.45) is 0. The normalized spacial score (nSPS) is 10.6. The van der Waals surface area contributed by atoms with Crippen molar-refractivity contribution in [3.05, 3.63) is 36.9 Å². The summed E-state index contributed by atoms with van der Waals surface area (Å²) in [5.74, 6) is 0. The van der Waals surface area contributed by atoms with E-state index in [9.17, 15) is 19.7 Å². The van der Waals surface area contributed by atoms with Crippen LogP contribution in [0.25, 0.3) is 10.3 Å². The Morgan fingerprint density at radius 2 is 1.93 bits per heavy atom. The molecule has 2 N–H and O–H groups in total. The molecule has 2 aromatic rings. The lowest BCUT2D eigenvalue weighted by Crippen LogP contribution is -2.28. The van der Waals surface area contributed by atoms with Crippen molar-refractivity contribution in [1.29, 1.82) is 0 Å². The molecule has 0 aromatic carbocycles. The number of hydrogen-bond donors (Lipinski definition) is 2. The Bertz CT molecular complexity index is 575. The van der Waals surface area contributed by atoms with Gasteiger partial charge in [-0.25, -0.2) is 0 Å². The molecule has 8 heteroatoms. The number of thiophene rings is 1. The van der Waals surface area contributed by atoms with E-state index < -0.39 is 16.0 Å². The zero-order valence-electron chi connectivity index (χ0n) is 6.57. The topological polar surface area (TPSA) is 109 Å². The maximum Gasteiger partial charge on any atom is 0.328 e. The number of fused-ring (bicyclic) bond motifs is 1. The number of nitrogens with one attached hydrogen (secondary N) is 2. The van der Waals surface area contributed by atoms with Crippen LogP contribution < -0.4 is 11.1 Å². The standard InChI is InChI=1S/C6H3N3O4S/c10-4-5(11)8-6-2(7-4)1-3(14-6)9(12)13/h1H,(H,7,10)(H,8,11). The van der Waals surface area contributed by atoms with Gasteiger partial charge in [-0.3, -0.25) is 19.7 Å². The van der Waals surface area contributed by atoms with Crippen LogP contribution in [0.15, 0.2) is 15.7 Å². The van der Waals surface area contributed by atoms with Crippen molar-refractivity contribution in [1.82, 2.24) is 9.97 Å². The lowest BCUT2D eigenvalue weighted by molar-refractivity contribution is -0.380. The van der Waals surface area contributed by atoms with Gasteiger partial charge in [-0.15, -0.1) is 0 Å². The van der Waals surface area contributed by atoms with E-state index in [1.165, 1.54) is 6.07 Å². The summed E-state index contributed by atoms with van der Waals surface area (Å²) in [6, 6.07) is 1.21. The van der Waals surface area contributed by atoms with E-state index in [-0.39, 0.29) is 10.5 Å². The molecule has 2 heterocycles. The largest absolute Gasteiger partial charge is 0.328 e. The van der Waals surface area contributed by atoms with E-state index in [4.69, 9.17) is 0 Å². The van der Waals surface area contributed by atoms with Gasteiger partial charge in [0.25, 0.3) is 0 Å². The van der Waals surface area contributed by atoms with E-state index in [0.29, 0.717) is 4.83 Å². The Hall–Kier alpha value is -1.96. The Morgan fingerprint density at radius 1 is 1.29 bits per heavy atom. The highest BCUT2D eigenvalue weighted by molar-refractivity contribution is 7.21. The van der Waals surface area contributed by atoms with E-state index >= 15 is 0 Å². The van der Waals surface area contributed by atoms with Gasteiger partial charge in [-0.05, 0) is 11.3 Å². The minimum Gasteiger partial charge on any atom is -0.315 e. The molecule has 0 radical (unpaired) electrons. The molecule has 0 bridgehead atoms. The maximum atomic E-state index is 10.8. The van der Waals surface area contributed by atoms with Crippen LogP contribution in [0.4, 0.5) is 5.00 Å². The van der Waals surface area contributed by atoms with Crippen molar-refractivity contribution in [2.45, 2.75) is 0 Å². The molecule has 14 heavy (non-hydrogen) atoms. The molecule has 0 saturated carbocycles. The molecular formula is C6H3N3O4S. The molecule has 7 nitrogen and oxygen atoms in total. The highest BCUT2D eigenvalue weighted by Gasteiger charge is 2.12. The number of aromatic amines is 2. The van der Waals surface area contributed by atoms with Crippen LogP contribution in [0.3, 0.4) is 0 Å². The molecule has 0 unspecified atom stereocenters. The Kier molecular flexibility index (Phi) is 1.71. The van der Waals surface area contributed by atoms with Crippen LogP contribution >= 0.6 is 11.3 Å². The average molecular weight is 213 g/mol. The Balaban J connectivity index is 2.85. The first-order chi connectivity index (χ1) is 6.58. The van der Waals surface area contributed by atoms with E-state index in [0.717, 1.165) is 11.3 Å². The number of hydrogen-bond acceptors (Lipinski definition) is 5. The van der Waals surface area contributed by atoms with Crippen molar-refractivity contribution < 1.29 is 4.92 Å². The minimum atomic E-state index is -0.815. The number of nitrogens with zero attached hydrogens (tertiary/aromatic N) is 1. The predicted molar refractivity (Wildman–Crippen MR) is 49.7 cm³/mol. The van der Waals surface area contributed by atoms with E-state index in [1.54, 1.807) is 0 Å². The molecule has 0 atom stereocenters. The molecule has 0 spiro atoms. The Labute approximate surface area is 79.2 Å². The van der Waals surface area contributed by atoms with Crippen LogP contribution in [0.5, 0.6) is 0 Å². The van der Waals surface area contributed by atoms with Gasteiger partial charge in [0.1, 0.15) is 4.83 Å². The molecule has 2 aromatic heterocycles. The van der Waals surface area contributed by atoms with E-state index in [1.807, 2.05) is 0 Å². The van der Waals surface area contributed by atoms with E-state index in [2.05, 4.69) is 9.97 Å². The van der Waals surface area contributed by atoms with Crippen molar-refractivity contribution in [2.24, 2.45) is 0 Å². The second-order valence-corrected chi connectivity index (χ2v) is 3.52. The fourth-order valence-corrected chi connectivity index (χ4v) is 1.82. The molecule has 0 aliphatic heterocycles. The number of nitro groups is 1. The summed E-state index contributed by atoms with van der Waals surface area (Å²) in [6.45, 7) is 0. The summed E-state index contributed by atoms with van der Waals surface area (Å²) in [4.78, 5) is 36.3. The molecule has 0 amide bonds. The summed E-state index contributed by atoms with van der Waals surface area (Å²) in [5, 5.41) is 10.2. The van der Waals surface area contributed by atoms with Gasteiger partial charge in [0, 0.05) is 0 Å². The van der Waals surface area contributed by atoms with Gasteiger partial charge in [0.2, 0.25) is 0 Å². The molecular weight excluding hydrogens is 210 g/mol. The third-order valence-electron chi connectivity index (χ3n) is 1.58. The first-order valence-electron chi connectivity index (χ1n) is 3.48. The quantitative estimate of drug-likeness (QED) is 0.400.